The van der Waals surface area contributed by atoms with Crippen LogP contribution in [0.2, 0.25) is 0 Å². The summed E-state index contributed by atoms with van der Waals surface area (Å²) < 4.78 is 1.03. The van der Waals surface area contributed by atoms with Crippen LogP contribution in [-0.2, 0) is 4.79 Å². The Bertz CT molecular complexity index is 243. The molecule has 3 saturated heterocycles. The molecule has 16 heavy (non-hydrogen) atoms. The number of fused-ring (bicyclic) bond motifs is 3. The predicted molar refractivity (Wildman–Crippen MR) is 64.0 cm³/mol. The van der Waals surface area contributed by atoms with Crippen molar-refractivity contribution in [3.63, 3.8) is 0 Å². The van der Waals surface area contributed by atoms with Gasteiger partial charge in [0.15, 0.2) is 6.54 Å². The molecule has 3 aliphatic rings. The van der Waals surface area contributed by atoms with Gasteiger partial charge in [0.05, 0.1) is 19.6 Å². The number of amides is 1. The van der Waals surface area contributed by atoms with E-state index < -0.39 is 0 Å². The van der Waals surface area contributed by atoms with Crippen LogP contribution in [0.1, 0.15) is 13.8 Å². The van der Waals surface area contributed by atoms with E-state index in [1.807, 2.05) is 0 Å². The highest BCUT2D eigenvalue weighted by Crippen LogP contribution is 2.18. The van der Waals surface area contributed by atoms with E-state index in [4.69, 9.17) is 0 Å². The normalized spacial score (nSPS) is 33.1. The van der Waals surface area contributed by atoms with Gasteiger partial charge in [0.1, 0.15) is 0 Å². The topological polar surface area (TPSA) is 32.3 Å². The molecule has 4 heteroatoms. The summed E-state index contributed by atoms with van der Waals surface area (Å²) in [7, 11) is 0. The quantitative estimate of drug-likeness (QED) is 0.679. The largest absolute Gasteiger partial charge is 0.351 e. The van der Waals surface area contributed by atoms with Crippen molar-refractivity contribution in [3.8, 4) is 0 Å². The van der Waals surface area contributed by atoms with Crippen LogP contribution in [-0.4, -0.2) is 67.6 Å². The number of piperazine rings is 3. The third kappa shape index (κ3) is 2.74. The van der Waals surface area contributed by atoms with Crippen LogP contribution in [0.3, 0.4) is 0 Å². The summed E-state index contributed by atoms with van der Waals surface area (Å²) in [6, 6.07) is 0. The summed E-state index contributed by atoms with van der Waals surface area (Å²) >= 11 is 0. The Morgan fingerprint density at radius 3 is 2.31 bits per heavy atom. The lowest BCUT2D eigenvalue weighted by Crippen LogP contribution is -2.69. The van der Waals surface area contributed by atoms with Crippen LogP contribution in [0.15, 0.2) is 0 Å². The highest BCUT2D eigenvalue weighted by atomic mass is 16.2. The lowest BCUT2D eigenvalue weighted by molar-refractivity contribution is -0.933. The summed E-state index contributed by atoms with van der Waals surface area (Å²) in [5.41, 5.74) is 0. The number of quaternary nitrogens is 1. The molecular weight excluding hydrogens is 202 g/mol. The first kappa shape index (κ1) is 11.9. The van der Waals surface area contributed by atoms with Gasteiger partial charge in [0.25, 0.3) is 5.91 Å². The van der Waals surface area contributed by atoms with Crippen molar-refractivity contribution in [2.75, 3.05) is 52.4 Å². The van der Waals surface area contributed by atoms with Gasteiger partial charge in [-0.2, -0.15) is 0 Å². The van der Waals surface area contributed by atoms with Crippen LogP contribution in [0.5, 0.6) is 0 Å². The molecule has 3 fully saturated rings. The Hall–Kier alpha value is -0.610. The summed E-state index contributed by atoms with van der Waals surface area (Å²) in [6.07, 6.45) is 0. The van der Waals surface area contributed by atoms with E-state index in [0.717, 1.165) is 30.7 Å². The monoisotopic (exact) mass is 226 g/mol. The summed E-state index contributed by atoms with van der Waals surface area (Å²) in [4.78, 5) is 14.4. The molecular formula is C12H24N3O+. The van der Waals surface area contributed by atoms with Gasteiger partial charge in [-0.1, -0.05) is 13.8 Å². The van der Waals surface area contributed by atoms with E-state index in [0.29, 0.717) is 12.5 Å². The lowest BCUT2D eigenvalue weighted by Gasteiger charge is -2.50. The molecule has 2 bridgehead atoms. The van der Waals surface area contributed by atoms with Gasteiger partial charge < -0.3 is 9.80 Å². The zero-order valence-electron chi connectivity index (χ0n) is 10.5. The van der Waals surface area contributed by atoms with Crippen molar-refractivity contribution < 1.29 is 9.28 Å². The maximum absolute atomic E-state index is 11.9. The molecule has 3 rings (SSSR count). The van der Waals surface area contributed by atoms with Gasteiger partial charge >= 0.3 is 0 Å². The minimum absolute atomic E-state index is 0.240. The van der Waals surface area contributed by atoms with E-state index in [2.05, 4.69) is 24.1 Å². The first-order valence-electron chi connectivity index (χ1n) is 6.44. The fourth-order valence-corrected chi connectivity index (χ4v) is 2.65. The highest BCUT2D eigenvalue weighted by molar-refractivity contribution is 5.77. The fourth-order valence-electron chi connectivity index (χ4n) is 2.65. The SMILES string of the molecule is CC(C)CNC(=O)C[N+]12CCN(CC1)CC2. The Balaban J connectivity index is 1.81. The molecule has 3 aliphatic heterocycles. The van der Waals surface area contributed by atoms with Crippen LogP contribution in [0.4, 0.5) is 0 Å². The zero-order valence-corrected chi connectivity index (χ0v) is 10.5. The van der Waals surface area contributed by atoms with Gasteiger partial charge in [-0.3, -0.25) is 9.69 Å². The van der Waals surface area contributed by atoms with Crippen molar-refractivity contribution in [1.82, 2.24) is 10.2 Å². The van der Waals surface area contributed by atoms with Crippen molar-refractivity contribution in [2.24, 2.45) is 5.92 Å². The number of carbonyl (C=O) groups is 1. The molecule has 3 heterocycles. The molecule has 0 aromatic rings. The maximum Gasteiger partial charge on any atom is 0.275 e. The molecule has 0 aromatic carbocycles. The highest BCUT2D eigenvalue weighted by Gasteiger charge is 2.39. The van der Waals surface area contributed by atoms with E-state index in [1.165, 1.54) is 19.6 Å². The predicted octanol–water partition coefficient (Wildman–Crippen LogP) is -0.0954. The lowest BCUT2D eigenvalue weighted by atomic mass is 10.1. The molecule has 92 valence electrons. The number of rotatable bonds is 4. The van der Waals surface area contributed by atoms with Gasteiger partial charge in [0, 0.05) is 26.2 Å². The molecule has 0 spiro atoms. The third-order valence-electron chi connectivity index (χ3n) is 3.86. The van der Waals surface area contributed by atoms with Gasteiger partial charge in [-0.25, -0.2) is 0 Å². The number of nitrogens with zero attached hydrogens (tertiary/aromatic N) is 2. The molecule has 1 N–H and O–H groups in total. The second-order valence-electron chi connectivity index (χ2n) is 5.71. The first-order valence-corrected chi connectivity index (χ1v) is 6.44. The molecule has 1 amide bonds. The van der Waals surface area contributed by atoms with Crippen molar-refractivity contribution in [2.45, 2.75) is 13.8 Å². The molecule has 0 aromatic heterocycles. The number of hydrogen-bond acceptors (Lipinski definition) is 2. The third-order valence-corrected chi connectivity index (χ3v) is 3.86. The van der Waals surface area contributed by atoms with Crippen LogP contribution in [0.25, 0.3) is 0 Å². The van der Waals surface area contributed by atoms with Crippen LogP contribution < -0.4 is 5.32 Å². The average Bonchev–Trinajstić information content (AvgIpc) is 2.28. The number of hydrogen-bond donors (Lipinski definition) is 1. The Morgan fingerprint density at radius 1 is 1.25 bits per heavy atom. The summed E-state index contributed by atoms with van der Waals surface area (Å²) in [6.45, 7) is 12.8. The van der Waals surface area contributed by atoms with Crippen LogP contribution in [0, 0.1) is 5.92 Å². The molecule has 0 aliphatic carbocycles. The van der Waals surface area contributed by atoms with Gasteiger partial charge in [-0.05, 0) is 5.92 Å². The second-order valence-corrected chi connectivity index (χ2v) is 5.71. The molecule has 0 atom stereocenters. The zero-order chi connectivity index (χ0) is 11.6. The first-order chi connectivity index (χ1) is 7.60. The molecule has 0 saturated carbocycles. The van der Waals surface area contributed by atoms with Gasteiger partial charge in [0.2, 0.25) is 0 Å². The Kier molecular flexibility index (Phi) is 3.50. The second kappa shape index (κ2) is 4.72. The van der Waals surface area contributed by atoms with E-state index in [9.17, 15) is 4.79 Å². The minimum Gasteiger partial charge on any atom is -0.351 e. The van der Waals surface area contributed by atoms with Gasteiger partial charge in [-0.15, -0.1) is 0 Å². The van der Waals surface area contributed by atoms with E-state index in [1.54, 1.807) is 0 Å². The molecule has 4 nitrogen and oxygen atoms in total. The van der Waals surface area contributed by atoms with Crippen molar-refractivity contribution >= 4 is 5.91 Å². The average molecular weight is 226 g/mol. The standard InChI is InChI=1S/C12H23N3O/c1-11(2)9-13-12(16)10-15-6-3-14(4-7-15)5-8-15/h11H,3-10H2,1-2H3/p+1. The van der Waals surface area contributed by atoms with E-state index in [-0.39, 0.29) is 5.91 Å². The molecule has 0 unspecified atom stereocenters. The Morgan fingerprint density at radius 2 is 1.81 bits per heavy atom. The number of carbonyl (C=O) groups excluding carboxylic acids is 1. The smallest absolute Gasteiger partial charge is 0.275 e. The maximum atomic E-state index is 11.9. The molecule has 0 radical (unpaired) electrons. The van der Waals surface area contributed by atoms with Crippen molar-refractivity contribution in [1.29, 1.82) is 0 Å². The minimum atomic E-state index is 0.240. The Labute approximate surface area is 98.2 Å². The fraction of sp³-hybridized carbons (Fsp3) is 0.917. The van der Waals surface area contributed by atoms with Crippen LogP contribution >= 0.6 is 0 Å². The summed E-state index contributed by atoms with van der Waals surface area (Å²) in [5, 5.41) is 3.04. The van der Waals surface area contributed by atoms with E-state index >= 15 is 0 Å². The van der Waals surface area contributed by atoms with Crippen molar-refractivity contribution in [3.05, 3.63) is 0 Å². The number of nitrogens with one attached hydrogen (secondary N) is 1. The summed E-state index contributed by atoms with van der Waals surface area (Å²) in [5.74, 6) is 0.784.